The molecule has 1 unspecified atom stereocenters. The summed E-state index contributed by atoms with van der Waals surface area (Å²) in [5.74, 6) is 2.19. The molecule has 1 aromatic carbocycles. The van der Waals surface area contributed by atoms with Crippen molar-refractivity contribution in [3.63, 3.8) is 0 Å². The van der Waals surface area contributed by atoms with Crippen LogP contribution in [0.4, 0.5) is 5.69 Å². The van der Waals surface area contributed by atoms with E-state index in [1.807, 2.05) is 39.8 Å². The molecule has 0 saturated heterocycles. The van der Waals surface area contributed by atoms with Gasteiger partial charge in [-0.3, -0.25) is 4.79 Å². The van der Waals surface area contributed by atoms with E-state index < -0.39 is 0 Å². The van der Waals surface area contributed by atoms with Crippen LogP contribution < -0.4 is 14.8 Å². The van der Waals surface area contributed by atoms with Gasteiger partial charge in [0.1, 0.15) is 23.4 Å². The highest BCUT2D eigenvalue weighted by Gasteiger charge is 2.22. The van der Waals surface area contributed by atoms with Gasteiger partial charge in [0.25, 0.3) is 0 Å². The molecule has 1 atom stereocenters. The second-order valence-electron chi connectivity index (χ2n) is 6.37. The molecular formula is C19H24N2O4. The van der Waals surface area contributed by atoms with Crippen LogP contribution in [0.5, 0.6) is 11.5 Å². The molecule has 6 heteroatoms. The Hall–Kier alpha value is -2.50. The van der Waals surface area contributed by atoms with Crippen molar-refractivity contribution in [1.29, 1.82) is 0 Å². The van der Waals surface area contributed by atoms with E-state index >= 15 is 0 Å². The van der Waals surface area contributed by atoms with Crippen LogP contribution in [0, 0.1) is 13.8 Å². The van der Waals surface area contributed by atoms with E-state index in [9.17, 15) is 4.79 Å². The number of hydrogen-bond acceptors (Lipinski definition) is 5. The molecule has 1 aliphatic rings. The maximum atomic E-state index is 12.4. The Morgan fingerprint density at radius 2 is 2.20 bits per heavy atom. The van der Waals surface area contributed by atoms with Crippen molar-refractivity contribution < 1.29 is 18.8 Å². The molecule has 25 heavy (non-hydrogen) atoms. The predicted molar refractivity (Wildman–Crippen MR) is 94.3 cm³/mol. The van der Waals surface area contributed by atoms with Gasteiger partial charge in [-0.25, -0.2) is 0 Å². The quantitative estimate of drug-likeness (QED) is 0.867. The SMILES string of the molecule is CCOc1cc2c(cc1NC(=O)CCc1c(C)noc1C)OC(C)C2. The molecule has 1 aliphatic heterocycles. The van der Waals surface area contributed by atoms with Crippen molar-refractivity contribution in [2.75, 3.05) is 11.9 Å². The van der Waals surface area contributed by atoms with Gasteiger partial charge in [0.05, 0.1) is 18.0 Å². The largest absolute Gasteiger partial charge is 0.492 e. The van der Waals surface area contributed by atoms with Crippen molar-refractivity contribution in [2.45, 2.75) is 53.1 Å². The molecule has 0 radical (unpaired) electrons. The summed E-state index contributed by atoms with van der Waals surface area (Å²) >= 11 is 0. The molecule has 2 heterocycles. The Balaban J connectivity index is 1.71. The van der Waals surface area contributed by atoms with E-state index in [4.69, 9.17) is 14.0 Å². The number of benzene rings is 1. The topological polar surface area (TPSA) is 73.6 Å². The zero-order valence-electron chi connectivity index (χ0n) is 15.1. The molecule has 0 saturated carbocycles. The maximum Gasteiger partial charge on any atom is 0.224 e. The second kappa shape index (κ2) is 7.17. The average Bonchev–Trinajstić information content (AvgIpc) is 3.07. The lowest BCUT2D eigenvalue weighted by Gasteiger charge is -2.13. The van der Waals surface area contributed by atoms with Crippen LogP contribution in [0.15, 0.2) is 16.7 Å². The highest BCUT2D eigenvalue weighted by molar-refractivity contribution is 5.93. The number of rotatable bonds is 6. The first kappa shape index (κ1) is 17.3. The van der Waals surface area contributed by atoms with Gasteiger partial charge >= 0.3 is 0 Å². The molecule has 6 nitrogen and oxygen atoms in total. The summed E-state index contributed by atoms with van der Waals surface area (Å²) in [5, 5.41) is 6.87. The van der Waals surface area contributed by atoms with E-state index in [0.717, 1.165) is 34.8 Å². The minimum absolute atomic E-state index is 0.0769. The first-order valence-electron chi connectivity index (χ1n) is 8.66. The van der Waals surface area contributed by atoms with Gasteiger partial charge in [0, 0.05) is 30.0 Å². The third-order valence-electron chi connectivity index (χ3n) is 4.36. The number of anilines is 1. The molecule has 1 amide bonds. The van der Waals surface area contributed by atoms with Crippen molar-refractivity contribution in [2.24, 2.45) is 0 Å². The summed E-state index contributed by atoms with van der Waals surface area (Å²) in [4.78, 5) is 12.4. The van der Waals surface area contributed by atoms with Crippen LogP contribution >= 0.6 is 0 Å². The fraction of sp³-hybridized carbons (Fsp3) is 0.474. The van der Waals surface area contributed by atoms with Crippen LogP contribution in [0.2, 0.25) is 0 Å². The molecule has 1 aromatic heterocycles. The van der Waals surface area contributed by atoms with E-state index in [0.29, 0.717) is 30.9 Å². The van der Waals surface area contributed by atoms with E-state index in [-0.39, 0.29) is 12.0 Å². The summed E-state index contributed by atoms with van der Waals surface area (Å²) in [7, 11) is 0. The van der Waals surface area contributed by atoms with E-state index in [1.54, 1.807) is 0 Å². The lowest BCUT2D eigenvalue weighted by atomic mass is 10.1. The highest BCUT2D eigenvalue weighted by Crippen LogP contribution is 2.38. The monoisotopic (exact) mass is 344 g/mol. The van der Waals surface area contributed by atoms with Gasteiger partial charge in [-0.1, -0.05) is 5.16 Å². The summed E-state index contributed by atoms with van der Waals surface area (Å²) < 4.78 is 16.6. The molecule has 0 aliphatic carbocycles. The number of aromatic nitrogens is 1. The predicted octanol–water partition coefficient (Wildman–Crippen LogP) is 3.58. The Labute approximate surface area is 147 Å². The van der Waals surface area contributed by atoms with Crippen LogP contribution in [0.25, 0.3) is 0 Å². The number of ether oxygens (including phenoxy) is 2. The Morgan fingerprint density at radius 3 is 2.88 bits per heavy atom. The summed E-state index contributed by atoms with van der Waals surface area (Å²) in [6.07, 6.45) is 1.95. The van der Waals surface area contributed by atoms with Gasteiger partial charge in [-0.05, 0) is 40.2 Å². The standard InChI is InChI=1S/C19H24N2O4/c1-5-23-18-9-14-8-11(2)24-17(14)10-16(18)20-19(22)7-6-15-12(3)21-25-13(15)4/h9-11H,5-8H2,1-4H3,(H,20,22). The summed E-state index contributed by atoms with van der Waals surface area (Å²) in [6.45, 7) is 8.24. The van der Waals surface area contributed by atoms with Gasteiger partial charge in [-0.15, -0.1) is 0 Å². The fourth-order valence-electron chi connectivity index (χ4n) is 3.12. The fourth-order valence-corrected chi connectivity index (χ4v) is 3.12. The van der Waals surface area contributed by atoms with Gasteiger partial charge < -0.3 is 19.3 Å². The number of nitrogens with zero attached hydrogens (tertiary/aromatic N) is 1. The van der Waals surface area contributed by atoms with Gasteiger partial charge in [0.2, 0.25) is 5.91 Å². The lowest BCUT2D eigenvalue weighted by molar-refractivity contribution is -0.116. The molecule has 3 rings (SSSR count). The first-order chi connectivity index (χ1) is 12.0. The minimum atomic E-state index is -0.0769. The van der Waals surface area contributed by atoms with Gasteiger partial charge in [0.15, 0.2) is 0 Å². The molecule has 2 aromatic rings. The molecule has 0 spiro atoms. The summed E-state index contributed by atoms with van der Waals surface area (Å²) in [6, 6.07) is 3.82. The Kier molecular flexibility index (Phi) is 4.97. The third kappa shape index (κ3) is 3.78. The minimum Gasteiger partial charge on any atom is -0.492 e. The Bertz CT molecular complexity index is 762. The number of carbonyl (C=O) groups is 1. The second-order valence-corrected chi connectivity index (χ2v) is 6.37. The molecule has 0 bridgehead atoms. The zero-order chi connectivity index (χ0) is 18.0. The number of amides is 1. The van der Waals surface area contributed by atoms with Gasteiger partial charge in [-0.2, -0.15) is 0 Å². The number of carbonyl (C=O) groups excluding carboxylic acids is 1. The van der Waals surface area contributed by atoms with E-state index in [1.165, 1.54) is 0 Å². The van der Waals surface area contributed by atoms with Crippen LogP contribution in [-0.2, 0) is 17.6 Å². The molecular weight excluding hydrogens is 320 g/mol. The van der Waals surface area contributed by atoms with Crippen molar-refractivity contribution >= 4 is 11.6 Å². The highest BCUT2D eigenvalue weighted by atomic mass is 16.5. The van der Waals surface area contributed by atoms with Crippen molar-refractivity contribution in [1.82, 2.24) is 5.16 Å². The number of fused-ring (bicyclic) bond motifs is 1. The first-order valence-corrected chi connectivity index (χ1v) is 8.66. The van der Waals surface area contributed by atoms with Crippen LogP contribution in [0.1, 0.15) is 42.8 Å². The van der Waals surface area contributed by atoms with Crippen LogP contribution in [-0.4, -0.2) is 23.8 Å². The third-order valence-corrected chi connectivity index (χ3v) is 4.36. The van der Waals surface area contributed by atoms with Crippen molar-refractivity contribution in [3.05, 3.63) is 34.7 Å². The average molecular weight is 344 g/mol. The number of hydrogen-bond donors (Lipinski definition) is 1. The molecule has 134 valence electrons. The Morgan fingerprint density at radius 1 is 1.40 bits per heavy atom. The van der Waals surface area contributed by atoms with E-state index in [2.05, 4.69) is 10.5 Å². The van der Waals surface area contributed by atoms with Crippen LogP contribution in [0.3, 0.4) is 0 Å². The summed E-state index contributed by atoms with van der Waals surface area (Å²) in [5.41, 5.74) is 3.59. The zero-order valence-corrected chi connectivity index (χ0v) is 15.1. The lowest BCUT2D eigenvalue weighted by Crippen LogP contribution is -2.14. The molecule has 1 N–H and O–H groups in total. The number of nitrogens with one attached hydrogen (secondary N) is 1. The number of aryl methyl sites for hydroxylation is 2. The van der Waals surface area contributed by atoms with Crippen molar-refractivity contribution in [3.8, 4) is 11.5 Å². The normalized spacial score (nSPS) is 15.6. The smallest absolute Gasteiger partial charge is 0.224 e. The molecule has 0 fully saturated rings. The maximum absolute atomic E-state index is 12.4.